The fraction of sp³-hybridized carbons (Fsp3) is 0.467. The van der Waals surface area contributed by atoms with Crippen molar-refractivity contribution in [3.63, 3.8) is 0 Å². The van der Waals surface area contributed by atoms with Gasteiger partial charge in [-0.05, 0) is 18.6 Å². The molecule has 2 heterocycles. The third-order valence-electron chi connectivity index (χ3n) is 3.65. The number of rotatable bonds is 4. The summed E-state index contributed by atoms with van der Waals surface area (Å²) in [5, 5.41) is 4.73. The van der Waals surface area contributed by atoms with Gasteiger partial charge in [0.2, 0.25) is 0 Å². The highest BCUT2D eigenvalue weighted by Crippen LogP contribution is 2.25. The van der Waals surface area contributed by atoms with Gasteiger partial charge in [-0.15, -0.1) is 0 Å². The van der Waals surface area contributed by atoms with Crippen LogP contribution in [0.15, 0.2) is 24.5 Å². The maximum Gasteiger partial charge on any atom is 0.140 e. The van der Waals surface area contributed by atoms with Crippen molar-refractivity contribution in [2.24, 2.45) is 0 Å². The van der Waals surface area contributed by atoms with Crippen LogP contribution < -0.4 is 10.1 Å². The smallest absolute Gasteiger partial charge is 0.140 e. The first-order chi connectivity index (χ1) is 10.3. The fourth-order valence-corrected chi connectivity index (χ4v) is 2.73. The Bertz CT molecular complexity index is 617. The molecule has 0 bridgehead atoms. The number of hydrogen-bond donors (Lipinski definition) is 1. The molecular formula is C15H18ClN3O2. The fourth-order valence-electron chi connectivity index (χ4n) is 2.53. The Balaban J connectivity index is 1.79. The summed E-state index contributed by atoms with van der Waals surface area (Å²) in [6.45, 7) is 4.42. The molecule has 1 fully saturated rings. The Morgan fingerprint density at radius 1 is 1.48 bits per heavy atom. The van der Waals surface area contributed by atoms with Gasteiger partial charge in [0.1, 0.15) is 23.3 Å². The average Bonchev–Trinajstić information content (AvgIpc) is 2.53. The lowest BCUT2D eigenvalue weighted by molar-refractivity contribution is 0.0267. The lowest BCUT2D eigenvalue weighted by atomic mass is 10.1. The molecule has 0 amide bonds. The Morgan fingerprint density at radius 2 is 2.38 bits per heavy atom. The molecule has 1 aliphatic heterocycles. The van der Waals surface area contributed by atoms with Crippen LogP contribution in [0.3, 0.4) is 0 Å². The maximum absolute atomic E-state index is 6.11. The number of halogens is 1. The molecule has 2 atom stereocenters. The van der Waals surface area contributed by atoms with E-state index in [1.807, 2.05) is 18.2 Å². The largest absolute Gasteiger partial charge is 0.489 e. The monoisotopic (exact) mass is 307 g/mol. The molecule has 21 heavy (non-hydrogen) atoms. The summed E-state index contributed by atoms with van der Waals surface area (Å²) in [6.07, 6.45) is 2.44. The predicted molar refractivity (Wildman–Crippen MR) is 81.9 cm³/mol. The lowest BCUT2D eigenvalue weighted by Crippen LogP contribution is -2.50. The van der Waals surface area contributed by atoms with Crippen molar-refractivity contribution < 1.29 is 9.47 Å². The van der Waals surface area contributed by atoms with Crippen molar-refractivity contribution in [1.82, 2.24) is 15.3 Å². The molecule has 1 aromatic carbocycles. The summed E-state index contributed by atoms with van der Waals surface area (Å²) in [6, 6.07) is 5.91. The van der Waals surface area contributed by atoms with E-state index in [-0.39, 0.29) is 12.1 Å². The highest BCUT2D eigenvalue weighted by atomic mass is 35.5. The van der Waals surface area contributed by atoms with E-state index in [0.29, 0.717) is 11.8 Å². The number of ether oxygens (including phenoxy) is 2. The minimum absolute atomic E-state index is 0.0695. The summed E-state index contributed by atoms with van der Waals surface area (Å²) < 4.78 is 11.6. The van der Waals surface area contributed by atoms with Crippen molar-refractivity contribution in [2.75, 3.05) is 19.8 Å². The predicted octanol–water partition coefficient (Wildman–Crippen LogP) is 2.43. The van der Waals surface area contributed by atoms with Gasteiger partial charge in [-0.3, -0.25) is 0 Å². The van der Waals surface area contributed by atoms with Gasteiger partial charge in [-0.2, -0.15) is 0 Å². The third-order valence-corrected chi connectivity index (χ3v) is 3.95. The van der Waals surface area contributed by atoms with Gasteiger partial charge >= 0.3 is 0 Å². The van der Waals surface area contributed by atoms with Gasteiger partial charge in [0.05, 0.1) is 24.8 Å². The molecular weight excluding hydrogens is 290 g/mol. The number of morpholine rings is 1. The number of fused-ring (bicyclic) bond motifs is 1. The molecule has 112 valence electrons. The molecule has 1 aliphatic rings. The molecule has 0 saturated carbocycles. The van der Waals surface area contributed by atoms with E-state index in [1.54, 1.807) is 0 Å². The SMILES string of the molecule is CCC(Oc1ccc2c(Cl)ncnc2c1)C1COCCN1. The van der Waals surface area contributed by atoms with Crippen molar-refractivity contribution in [3.05, 3.63) is 29.7 Å². The van der Waals surface area contributed by atoms with Crippen LogP contribution in [-0.4, -0.2) is 41.9 Å². The summed E-state index contributed by atoms with van der Waals surface area (Å²) in [5.74, 6) is 0.788. The van der Waals surface area contributed by atoms with E-state index < -0.39 is 0 Å². The number of nitrogens with one attached hydrogen (secondary N) is 1. The van der Waals surface area contributed by atoms with E-state index in [1.165, 1.54) is 6.33 Å². The van der Waals surface area contributed by atoms with Gasteiger partial charge in [0.15, 0.2) is 0 Å². The van der Waals surface area contributed by atoms with E-state index in [4.69, 9.17) is 21.1 Å². The lowest BCUT2D eigenvalue weighted by Gasteiger charge is -2.31. The third kappa shape index (κ3) is 3.26. The minimum Gasteiger partial charge on any atom is -0.489 e. The quantitative estimate of drug-likeness (QED) is 0.879. The molecule has 1 N–H and O–H groups in total. The zero-order chi connectivity index (χ0) is 14.7. The van der Waals surface area contributed by atoms with Crippen LogP contribution in [0.2, 0.25) is 5.15 Å². The average molecular weight is 308 g/mol. The standard InChI is InChI=1S/C15H18ClN3O2/c1-2-14(13-8-20-6-5-17-13)21-10-3-4-11-12(7-10)18-9-19-15(11)16/h3-4,7,9,13-14,17H,2,5-6,8H2,1H3. The second kappa shape index (κ2) is 6.56. The van der Waals surface area contributed by atoms with Crippen LogP contribution in [-0.2, 0) is 4.74 Å². The van der Waals surface area contributed by atoms with E-state index in [2.05, 4.69) is 22.2 Å². The number of benzene rings is 1. The molecule has 0 spiro atoms. The summed E-state index contributed by atoms with van der Waals surface area (Å²) >= 11 is 6.05. The highest BCUT2D eigenvalue weighted by Gasteiger charge is 2.24. The molecule has 3 rings (SSSR count). The van der Waals surface area contributed by atoms with Crippen molar-refractivity contribution in [1.29, 1.82) is 0 Å². The van der Waals surface area contributed by atoms with Crippen molar-refractivity contribution in [3.8, 4) is 5.75 Å². The Kier molecular flexibility index (Phi) is 4.53. The molecule has 2 unspecified atom stereocenters. The first kappa shape index (κ1) is 14.5. The first-order valence-electron chi connectivity index (χ1n) is 7.16. The summed E-state index contributed by atoms with van der Waals surface area (Å²) in [7, 11) is 0. The van der Waals surface area contributed by atoms with Crippen LogP contribution in [0.25, 0.3) is 10.9 Å². The van der Waals surface area contributed by atoms with Crippen molar-refractivity contribution in [2.45, 2.75) is 25.5 Å². The second-order valence-electron chi connectivity index (χ2n) is 5.04. The molecule has 0 radical (unpaired) electrons. The van der Waals surface area contributed by atoms with Gasteiger partial charge in [-0.1, -0.05) is 18.5 Å². The number of hydrogen-bond acceptors (Lipinski definition) is 5. The molecule has 2 aromatic rings. The molecule has 0 aliphatic carbocycles. The maximum atomic E-state index is 6.11. The Morgan fingerprint density at radius 3 is 3.14 bits per heavy atom. The van der Waals surface area contributed by atoms with Gasteiger partial charge in [0.25, 0.3) is 0 Å². The zero-order valence-corrected chi connectivity index (χ0v) is 12.6. The molecule has 6 heteroatoms. The number of nitrogens with zero attached hydrogens (tertiary/aromatic N) is 2. The van der Waals surface area contributed by atoms with E-state index in [9.17, 15) is 0 Å². The highest BCUT2D eigenvalue weighted by molar-refractivity contribution is 6.34. The van der Waals surface area contributed by atoms with Gasteiger partial charge < -0.3 is 14.8 Å². The van der Waals surface area contributed by atoms with Gasteiger partial charge in [-0.25, -0.2) is 9.97 Å². The molecule has 5 nitrogen and oxygen atoms in total. The van der Waals surface area contributed by atoms with Gasteiger partial charge in [0, 0.05) is 18.0 Å². The Labute approximate surface area is 128 Å². The van der Waals surface area contributed by atoms with Crippen molar-refractivity contribution >= 4 is 22.5 Å². The van der Waals surface area contributed by atoms with Crippen LogP contribution in [0, 0.1) is 0 Å². The Hall–Kier alpha value is -1.43. The van der Waals surface area contributed by atoms with Crippen LogP contribution in [0.1, 0.15) is 13.3 Å². The van der Waals surface area contributed by atoms with Crippen LogP contribution in [0.4, 0.5) is 0 Å². The van der Waals surface area contributed by atoms with E-state index in [0.717, 1.165) is 36.2 Å². The van der Waals surface area contributed by atoms with Crippen LogP contribution in [0.5, 0.6) is 5.75 Å². The summed E-state index contributed by atoms with van der Waals surface area (Å²) in [5.41, 5.74) is 0.787. The number of aromatic nitrogens is 2. The normalized spacial score (nSPS) is 20.4. The minimum atomic E-state index is 0.0695. The summed E-state index contributed by atoms with van der Waals surface area (Å²) in [4.78, 5) is 8.21. The van der Waals surface area contributed by atoms with E-state index >= 15 is 0 Å². The van der Waals surface area contributed by atoms with Crippen LogP contribution >= 0.6 is 11.6 Å². The topological polar surface area (TPSA) is 56.3 Å². The zero-order valence-electron chi connectivity index (χ0n) is 11.9. The molecule has 1 aromatic heterocycles. The molecule has 1 saturated heterocycles. The second-order valence-corrected chi connectivity index (χ2v) is 5.40. The first-order valence-corrected chi connectivity index (χ1v) is 7.53.